The van der Waals surface area contributed by atoms with Crippen LogP contribution in [0.4, 0.5) is 0 Å². The molecule has 1 heterocycles. The van der Waals surface area contributed by atoms with Gasteiger partial charge in [-0.1, -0.05) is 12.8 Å². The van der Waals surface area contributed by atoms with Gasteiger partial charge in [0.25, 0.3) is 0 Å². The summed E-state index contributed by atoms with van der Waals surface area (Å²) in [5, 5.41) is 12.6. The molecule has 18 heavy (non-hydrogen) atoms. The van der Waals surface area contributed by atoms with Gasteiger partial charge >= 0.3 is 0 Å². The van der Waals surface area contributed by atoms with Crippen LogP contribution in [0.15, 0.2) is 27.3 Å². The maximum absolute atomic E-state index is 11.7. The minimum atomic E-state index is -0.422. The molecule has 1 aliphatic rings. The number of carbonyl (C=O) groups excluding carboxylic acids is 1. The van der Waals surface area contributed by atoms with Crippen LogP contribution < -0.4 is 5.32 Å². The van der Waals surface area contributed by atoms with E-state index < -0.39 is 6.10 Å². The van der Waals surface area contributed by atoms with E-state index in [1.165, 1.54) is 6.08 Å². The van der Waals surface area contributed by atoms with Crippen molar-refractivity contribution in [1.82, 2.24) is 5.32 Å². The molecule has 0 radical (unpaired) electrons. The van der Waals surface area contributed by atoms with Gasteiger partial charge in [-0.2, -0.15) is 0 Å². The number of hydrogen-bond acceptors (Lipinski definition) is 3. The molecule has 1 aliphatic carbocycles. The molecule has 2 N–H and O–H groups in total. The SMILES string of the molecule is O=C(C=Cc1ccc(Br)o1)NC1CCCCC1O. The van der Waals surface area contributed by atoms with Gasteiger partial charge < -0.3 is 14.8 Å². The Morgan fingerprint density at radius 2 is 2.22 bits per heavy atom. The molecule has 2 unspecified atom stereocenters. The highest BCUT2D eigenvalue weighted by molar-refractivity contribution is 9.10. The van der Waals surface area contributed by atoms with Gasteiger partial charge in [0.05, 0.1) is 12.1 Å². The number of carbonyl (C=O) groups is 1. The summed E-state index contributed by atoms with van der Waals surface area (Å²) in [6, 6.07) is 3.41. The van der Waals surface area contributed by atoms with Crippen molar-refractivity contribution in [3.05, 3.63) is 28.6 Å². The van der Waals surface area contributed by atoms with Crippen LogP contribution in [0, 0.1) is 0 Å². The fraction of sp³-hybridized carbons (Fsp3) is 0.462. The smallest absolute Gasteiger partial charge is 0.244 e. The molecule has 4 nitrogen and oxygen atoms in total. The summed E-state index contributed by atoms with van der Waals surface area (Å²) < 4.78 is 5.88. The number of aliphatic hydroxyl groups is 1. The van der Waals surface area contributed by atoms with Crippen molar-refractivity contribution in [1.29, 1.82) is 0 Å². The second-order valence-corrected chi connectivity index (χ2v) is 5.22. The summed E-state index contributed by atoms with van der Waals surface area (Å²) in [4.78, 5) is 11.7. The zero-order valence-corrected chi connectivity index (χ0v) is 11.5. The standard InChI is InChI=1S/C13H16BrNO3/c14-12-7-5-9(18-12)6-8-13(17)15-10-3-1-2-4-11(10)16/h5-8,10-11,16H,1-4H2,(H,15,17). The Labute approximate surface area is 114 Å². The predicted octanol–water partition coefficient (Wildman–Crippen LogP) is 2.48. The summed E-state index contributed by atoms with van der Waals surface area (Å²) in [6.45, 7) is 0. The van der Waals surface area contributed by atoms with Gasteiger partial charge in [0.1, 0.15) is 5.76 Å². The van der Waals surface area contributed by atoms with Crippen molar-refractivity contribution in [2.45, 2.75) is 37.8 Å². The van der Waals surface area contributed by atoms with Crippen molar-refractivity contribution in [3.63, 3.8) is 0 Å². The molecular weight excluding hydrogens is 298 g/mol. The van der Waals surface area contributed by atoms with Crippen LogP contribution >= 0.6 is 15.9 Å². The first-order chi connectivity index (χ1) is 8.65. The second kappa shape index (κ2) is 6.20. The molecule has 1 amide bonds. The fourth-order valence-electron chi connectivity index (χ4n) is 2.09. The third-order valence-corrected chi connectivity index (χ3v) is 3.48. The van der Waals surface area contributed by atoms with Crippen LogP contribution in [-0.4, -0.2) is 23.2 Å². The number of amides is 1. The maximum atomic E-state index is 11.7. The molecule has 0 aliphatic heterocycles. The minimum Gasteiger partial charge on any atom is -0.450 e. The van der Waals surface area contributed by atoms with E-state index in [2.05, 4.69) is 21.2 Å². The van der Waals surface area contributed by atoms with Crippen molar-refractivity contribution >= 4 is 27.9 Å². The predicted molar refractivity (Wildman–Crippen MR) is 71.8 cm³/mol. The molecule has 1 saturated carbocycles. The van der Waals surface area contributed by atoms with E-state index in [-0.39, 0.29) is 11.9 Å². The topological polar surface area (TPSA) is 62.5 Å². The van der Waals surface area contributed by atoms with E-state index in [4.69, 9.17) is 4.42 Å². The first kappa shape index (κ1) is 13.4. The average Bonchev–Trinajstić information content (AvgIpc) is 2.76. The summed E-state index contributed by atoms with van der Waals surface area (Å²) in [5.74, 6) is 0.412. The summed E-state index contributed by atoms with van der Waals surface area (Å²) in [5.41, 5.74) is 0. The van der Waals surface area contributed by atoms with Crippen molar-refractivity contribution < 1.29 is 14.3 Å². The first-order valence-corrected chi connectivity index (χ1v) is 6.86. The molecular formula is C13H16BrNO3. The van der Waals surface area contributed by atoms with Crippen molar-refractivity contribution in [3.8, 4) is 0 Å². The van der Waals surface area contributed by atoms with E-state index in [1.54, 1.807) is 18.2 Å². The number of rotatable bonds is 3. The molecule has 1 aromatic heterocycles. The van der Waals surface area contributed by atoms with Gasteiger partial charge in [-0.05, 0) is 47.0 Å². The molecule has 0 bridgehead atoms. The number of furan rings is 1. The minimum absolute atomic E-state index is 0.126. The van der Waals surface area contributed by atoms with Crippen LogP contribution in [0.1, 0.15) is 31.4 Å². The number of hydrogen-bond donors (Lipinski definition) is 2. The highest BCUT2D eigenvalue weighted by Gasteiger charge is 2.23. The Morgan fingerprint density at radius 3 is 2.89 bits per heavy atom. The third-order valence-electron chi connectivity index (χ3n) is 3.05. The lowest BCUT2D eigenvalue weighted by molar-refractivity contribution is -0.118. The Hall–Kier alpha value is -1.07. The summed E-state index contributed by atoms with van der Waals surface area (Å²) in [6.07, 6.45) is 6.30. The van der Waals surface area contributed by atoms with Crippen LogP contribution in [0.2, 0.25) is 0 Å². The van der Waals surface area contributed by atoms with Gasteiger partial charge in [0, 0.05) is 6.08 Å². The first-order valence-electron chi connectivity index (χ1n) is 6.07. The lowest BCUT2D eigenvalue weighted by Gasteiger charge is -2.27. The van der Waals surface area contributed by atoms with Gasteiger partial charge in [0.15, 0.2) is 4.67 Å². The summed E-state index contributed by atoms with van der Waals surface area (Å²) in [7, 11) is 0. The van der Waals surface area contributed by atoms with Gasteiger partial charge in [-0.3, -0.25) is 4.79 Å². The third kappa shape index (κ3) is 3.71. The Balaban J connectivity index is 1.86. The number of nitrogens with one attached hydrogen (secondary N) is 1. The molecule has 0 saturated heterocycles. The Kier molecular flexibility index (Phi) is 4.60. The lowest BCUT2D eigenvalue weighted by atomic mass is 9.92. The van der Waals surface area contributed by atoms with Crippen molar-refractivity contribution in [2.24, 2.45) is 0 Å². The molecule has 2 atom stereocenters. The highest BCUT2D eigenvalue weighted by atomic mass is 79.9. The largest absolute Gasteiger partial charge is 0.450 e. The maximum Gasteiger partial charge on any atom is 0.244 e. The molecule has 98 valence electrons. The van der Waals surface area contributed by atoms with Gasteiger partial charge in [0.2, 0.25) is 5.91 Å². The second-order valence-electron chi connectivity index (χ2n) is 4.44. The Bertz CT molecular complexity index is 441. The number of halogens is 1. The fourth-order valence-corrected chi connectivity index (χ4v) is 2.41. The molecule has 5 heteroatoms. The van der Waals surface area contributed by atoms with Gasteiger partial charge in [-0.25, -0.2) is 0 Å². The van der Waals surface area contributed by atoms with E-state index in [0.717, 1.165) is 25.7 Å². The molecule has 2 rings (SSSR count). The quantitative estimate of drug-likeness (QED) is 0.843. The van der Waals surface area contributed by atoms with Gasteiger partial charge in [-0.15, -0.1) is 0 Å². The normalized spacial score (nSPS) is 24.3. The van der Waals surface area contributed by atoms with Crippen LogP contribution in [0.5, 0.6) is 0 Å². The van der Waals surface area contributed by atoms with Crippen LogP contribution in [-0.2, 0) is 4.79 Å². The molecule has 1 fully saturated rings. The van der Waals surface area contributed by atoms with E-state index in [1.807, 2.05) is 0 Å². The monoisotopic (exact) mass is 313 g/mol. The van der Waals surface area contributed by atoms with Crippen LogP contribution in [0.3, 0.4) is 0 Å². The zero-order valence-electron chi connectivity index (χ0n) is 9.93. The van der Waals surface area contributed by atoms with Crippen LogP contribution in [0.25, 0.3) is 6.08 Å². The number of aliphatic hydroxyl groups excluding tert-OH is 1. The van der Waals surface area contributed by atoms with E-state index in [9.17, 15) is 9.90 Å². The molecule has 1 aromatic rings. The zero-order chi connectivity index (χ0) is 13.0. The lowest BCUT2D eigenvalue weighted by Crippen LogP contribution is -2.44. The highest BCUT2D eigenvalue weighted by Crippen LogP contribution is 2.18. The Morgan fingerprint density at radius 1 is 1.44 bits per heavy atom. The van der Waals surface area contributed by atoms with Crippen molar-refractivity contribution in [2.75, 3.05) is 0 Å². The summed E-state index contributed by atoms with van der Waals surface area (Å²) >= 11 is 3.19. The average molecular weight is 314 g/mol. The molecule has 0 aromatic carbocycles. The van der Waals surface area contributed by atoms with E-state index >= 15 is 0 Å². The van der Waals surface area contributed by atoms with E-state index in [0.29, 0.717) is 10.4 Å². The molecule has 0 spiro atoms.